The van der Waals surface area contributed by atoms with Crippen molar-refractivity contribution < 1.29 is 9.59 Å². The minimum absolute atomic E-state index is 0.148. The average molecular weight is 263 g/mol. The van der Waals surface area contributed by atoms with Crippen LogP contribution < -0.4 is 16.4 Å². The summed E-state index contributed by atoms with van der Waals surface area (Å²) in [5, 5.41) is 5.92. The second-order valence-electron chi connectivity index (χ2n) is 4.45. The molecule has 0 atom stereocenters. The lowest BCUT2D eigenvalue weighted by atomic mass is 10.1. The summed E-state index contributed by atoms with van der Waals surface area (Å²) >= 11 is 0. The molecule has 5 nitrogen and oxygen atoms in total. The molecule has 0 aliphatic rings. The van der Waals surface area contributed by atoms with Crippen LogP contribution in [0.5, 0.6) is 0 Å². The van der Waals surface area contributed by atoms with Crippen molar-refractivity contribution in [3.63, 3.8) is 0 Å². The zero-order valence-corrected chi connectivity index (χ0v) is 11.5. The van der Waals surface area contributed by atoms with Gasteiger partial charge in [0.2, 0.25) is 5.91 Å². The molecule has 0 spiro atoms. The van der Waals surface area contributed by atoms with Crippen molar-refractivity contribution in [3.05, 3.63) is 29.3 Å². The highest BCUT2D eigenvalue weighted by molar-refractivity contribution is 5.99. The van der Waals surface area contributed by atoms with Crippen molar-refractivity contribution in [2.45, 2.75) is 26.7 Å². The zero-order valence-electron chi connectivity index (χ0n) is 11.5. The van der Waals surface area contributed by atoms with Gasteiger partial charge >= 0.3 is 0 Å². The van der Waals surface area contributed by atoms with Crippen molar-refractivity contribution in [1.29, 1.82) is 0 Å². The number of primary amides is 1. The lowest BCUT2D eigenvalue weighted by Crippen LogP contribution is -2.28. The SMILES string of the molecule is CCCNc1cc(C)ccc1C(=O)NCCC(N)=O. The highest BCUT2D eigenvalue weighted by Gasteiger charge is 2.11. The van der Waals surface area contributed by atoms with Gasteiger partial charge in [-0.2, -0.15) is 0 Å². The van der Waals surface area contributed by atoms with Crippen LogP contribution in [0.3, 0.4) is 0 Å². The molecule has 0 fully saturated rings. The van der Waals surface area contributed by atoms with Crippen LogP contribution >= 0.6 is 0 Å². The van der Waals surface area contributed by atoms with Crippen LogP contribution in [-0.2, 0) is 4.79 Å². The predicted octanol–water partition coefficient (Wildman–Crippen LogP) is 1.42. The molecule has 0 unspecified atom stereocenters. The summed E-state index contributed by atoms with van der Waals surface area (Å²) in [6, 6.07) is 5.62. The van der Waals surface area contributed by atoms with E-state index in [1.54, 1.807) is 6.07 Å². The molecule has 104 valence electrons. The number of benzene rings is 1. The molecule has 1 rings (SSSR count). The molecule has 0 aromatic heterocycles. The number of anilines is 1. The molecule has 4 N–H and O–H groups in total. The van der Waals surface area contributed by atoms with E-state index in [2.05, 4.69) is 17.6 Å². The number of carbonyl (C=O) groups excluding carboxylic acids is 2. The van der Waals surface area contributed by atoms with E-state index < -0.39 is 5.91 Å². The number of nitrogens with two attached hydrogens (primary N) is 1. The van der Waals surface area contributed by atoms with Crippen LogP contribution in [0.1, 0.15) is 35.7 Å². The van der Waals surface area contributed by atoms with Crippen LogP contribution in [-0.4, -0.2) is 24.9 Å². The number of hydrogen-bond donors (Lipinski definition) is 3. The van der Waals surface area contributed by atoms with Crippen molar-refractivity contribution >= 4 is 17.5 Å². The second-order valence-corrected chi connectivity index (χ2v) is 4.45. The van der Waals surface area contributed by atoms with Gasteiger partial charge in [-0.25, -0.2) is 0 Å². The Balaban J connectivity index is 2.74. The number of amides is 2. The van der Waals surface area contributed by atoms with E-state index in [4.69, 9.17) is 5.73 Å². The lowest BCUT2D eigenvalue weighted by molar-refractivity contribution is -0.117. The largest absolute Gasteiger partial charge is 0.384 e. The minimum atomic E-state index is -0.423. The standard InChI is InChI=1S/C14H21N3O2/c1-3-7-16-12-9-10(2)4-5-11(12)14(19)17-8-6-13(15)18/h4-5,9,16H,3,6-8H2,1-2H3,(H2,15,18)(H,17,19). The quantitative estimate of drug-likeness (QED) is 0.695. The summed E-state index contributed by atoms with van der Waals surface area (Å²) in [6.45, 7) is 5.11. The summed E-state index contributed by atoms with van der Waals surface area (Å²) in [5.41, 5.74) is 7.52. The van der Waals surface area contributed by atoms with Crippen molar-refractivity contribution in [2.75, 3.05) is 18.4 Å². The number of aryl methyl sites for hydroxylation is 1. The lowest BCUT2D eigenvalue weighted by Gasteiger charge is -2.12. The van der Waals surface area contributed by atoms with Gasteiger partial charge in [0.1, 0.15) is 0 Å². The fraction of sp³-hybridized carbons (Fsp3) is 0.429. The molecule has 19 heavy (non-hydrogen) atoms. The van der Waals surface area contributed by atoms with Crippen molar-refractivity contribution in [2.24, 2.45) is 5.73 Å². The molecule has 1 aromatic carbocycles. The van der Waals surface area contributed by atoms with Crippen LogP contribution in [0.25, 0.3) is 0 Å². The Morgan fingerprint density at radius 2 is 2.00 bits per heavy atom. The van der Waals surface area contributed by atoms with E-state index in [1.807, 2.05) is 19.1 Å². The first-order valence-corrected chi connectivity index (χ1v) is 6.45. The first-order valence-electron chi connectivity index (χ1n) is 6.45. The molecule has 0 aliphatic heterocycles. The Labute approximate surface area is 113 Å². The van der Waals surface area contributed by atoms with Crippen LogP contribution in [0.15, 0.2) is 18.2 Å². The highest BCUT2D eigenvalue weighted by atomic mass is 16.2. The minimum Gasteiger partial charge on any atom is -0.384 e. The molecule has 0 saturated carbocycles. The third-order valence-electron chi connectivity index (χ3n) is 2.64. The van der Waals surface area contributed by atoms with E-state index in [-0.39, 0.29) is 18.9 Å². The number of nitrogens with one attached hydrogen (secondary N) is 2. The third kappa shape index (κ3) is 4.99. The molecule has 0 aliphatic carbocycles. The summed E-state index contributed by atoms with van der Waals surface area (Å²) in [4.78, 5) is 22.6. The number of carbonyl (C=O) groups is 2. The van der Waals surface area contributed by atoms with Gasteiger partial charge in [0, 0.05) is 25.2 Å². The normalized spacial score (nSPS) is 10.0. The molecular weight excluding hydrogens is 242 g/mol. The highest BCUT2D eigenvalue weighted by Crippen LogP contribution is 2.17. The first kappa shape index (κ1) is 15.0. The Kier molecular flexibility index (Phi) is 5.85. The average Bonchev–Trinajstić information content (AvgIpc) is 2.35. The van der Waals surface area contributed by atoms with Gasteiger partial charge in [0.15, 0.2) is 0 Å². The van der Waals surface area contributed by atoms with Crippen molar-refractivity contribution in [1.82, 2.24) is 5.32 Å². The molecule has 5 heteroatoms. The van der Waals surface area contributed by atoms with Crippen molar-refractivity contribution in [3.8, 4) is 0 Å². The summed E-state index contributed by atoms with van der Waals surface area (Å²) < 4.78 is 0. The summed E-state index contributed by atoms with van der Waals surface area (Å²) in [5.74, 6) is -0.617. The second kappa shape index (κ2) is 7.41. The van der Waals surface area contributed by atoms with Gasteiger partial charge < -0.3 is 16.4 Å². The molecule has 0 radical (unpaired) electrons. The fourth-order valence-corrected chi connectivity index (χ4v) is 1.66. The molecule has 0 saturated heterocycles. The Morgan fingerprint density at radius 1 is 1.26 bits per heavy atom. The monoisotopic (exact) mass is 263 g/mol. The van der Waals surface area contributed by atoms with Gasteiger partial charge in [-0.05, 0) is 31.0 Å². The molecule has 2 amide bonds. The molecule has 0 heterocycles. The Hall–Kier alpha value is -2.04. The maximum atomic E-state index is 12.0. The Morgan fingerprint density at radius 3 is 2.63 bits per heavy atom. The molecule has 1 aromatic rings. The maximum Gasteiger partial charge on any atom is 0.253 e. The van der Waals surface area contributed by atoms with Crippen LogP contribution in [0.4, 0.5) is 5.69 Å². The number of rotatable bonds is 7. The van der Waals surface area contributed by atoms with Crippen LogP contribution in [0, 0.1) is 6.92 Å². The smallest absolute Gasteiger partial charge is 0.253 e. The van der Waals surface area contributed by atoms with E-state index >= 15 is 0 Å². The maximum absolute atomic E-state index is 12.0. The third-order valence-corrected chi connectivity index (χ3v) is 2.64. The van der Waals surface area contributed by atoms with Crippen LogP contribution in [0.2, 0.25) is 0 Å². The van der Waals surface area contributed by atoms with E-state index in [0.717, 1.165) is 24.2 Å². The predicted molar refractivity (Wildman–Crippen MR) is 76.1 cm³/mol. The molecular formula is C14H21N3O2. The Bertz CT molecular complexity index is 458. The summed E-state index contributed by atoms with van der Waals surface area (Å²) in [6.07, 6.45) is 1.13. The zero-order chi connectivity index (χ0) is 14.3. The van der Waals surface area contributed by atoms with E-state index in [9.17, 15) is 9.59 Å². The van der Waals surface area contributed by atoms with Gasteiger partial charge in [-0.1, -0.05) is 13.0 Å². The van der Waals surface area contributed by atoms with Gasteiger partial charge in [0.05, 0.1) is 5.56 Å². The number of hydrogen-bond acceptors (Lipinski definition) is 3. The first-order chi connectivity index (χ1) is 9.04. The molecule has 0 bridgehead atoms. The topological polar surface area (TPSA) is 84.2 Å². The van der Waals surface area contributed by atoms with Gasteiger partial charge in [0.25, 0.3) is 5.91 Å². The van der Waals surface area contributed by atoms with E-state index in [0.29, 0.717) is 5.56 Å². The fourth-order valence-electron chi connectivity index (χ4n) is 1.66. The van der Waals surface area contributed by atoms with E-state index in [1.165, 1.54) is 0 Å². The van der Waals surface area contributed by atoms with Gasteiger partial charge in [-0.3, -0.25) is 9.59 Å². The summed E-state index contributed by atoms with van der Waals surface area (Å²) in [7, 11) is 0. The van der Waals surface area contributed by atoms with Gasteiger partial charge in [-0.15, -0.1) is 0 Å².